The predicted molar refractivity (Wildman–Crippen MR) is 113 cm³/mol. The van der Waals surface area contributed by atoms with Crippen molar-refractivity contribution in [3.8, 4) is 0 Å². The first-order valence-corrected chi connectivity index (χ1v) is 10.6. The fourth-order valence-corrected chi connectivity index (χ4v) is 4.36. The first kappa shape index (κ1) is 19.0. The van der Waals surface area contributed by atoms with Crippen molar-refractivity contribution in [3.63, 3.8) is 0 Å². The molecule has 2 fully saturated rings. The number of benzene rings is 2. The van der Waals surface area contributed by atoms with Crippen LogP contribution in [0.3, 0.4) is 0 Å². The largest absolute Gasteiger partial charge is 0.372 e. The van der Waals surface area contributed by atoms with E-state index in [1.54, 1.807) is 4.90 Å². The number of anilines is 2. The van der Waals surface area contributed by atoms with E-state index in [9.17, 15) is 4.79 Å². The summed E-state index contributed by atoms with van der Waals surface area (Å²) in [7, 11) is 0. The third kappa shape index (κ3) is 5.12. The third-order valence-electron chi connectivity index (χ3n) is 5.99. The van der Waals surface area contributed by atoms with Crippen molar-refractivity contribution in [2.45, 2.75) is 19.4 Å². The van der Waals surface area contributed by atoms with E-state index in [-0.39, 0.29) is 5.91 Å². The Balaban J connectivity index is 1.20. The van der Waals surface area contributed by atoms with Crippen molar-refractivity contribution < 1.29 is 14.6 Å². The lowest BCUT2D eigenvalue weighted by Gasteiger charge is -2.29. The molecular weight excluding hydrogens is 348 g/mol. The Morgan fingerprint density at radius 1 is 0.857 bits per heavy atom. The van der Waals surface area contributed by atoms with E-state index in [2.05, 4.69) is 52.7 Å². The van der Waals surface area contributed by atoms with E-state index >= 15 is 0 Å². The molecule has 0 radical (unpaired) electrons. The van der Waals surface area contributed by atoms with Crippen LogP contribution in [0.25, 0.3) is 0 Å². The molecule has 0 unspecified atom stereocenters. The molecule has 0 aromatic heterocycles. The first-order valence-electron chi connectivity index (χ1n) is 10.6. The first-order chi connectivity index (χ1) is 13.8. The molecule has 0 spiro atoms. The van der Waals surface area contributed by atoms with Gasteiger partial charge in [-0.2, -0.15) is 0 Å². The number of carbonyl (C=O) groups is 1. The Hall–Kier alpha value is -2.37. The zero-order valence-electron chi connectivity index (χ0n) is 16.6. The second-order valence-electron chi connectivity index (χ2n) is 8.13. The Morgan fingerprint density at radius 3 is 2.18 bits per heavy atom. The summed E-state index contributed by atoms with van der Waals surface area (Å²) in [5, 5.41) is 3.07. The highest BCUT2D eigenvalue weighted by Gasteiger charge is 2.24. The van der Waals surface area contributed by atoms with Gasteiger partial charge < -0.3 is 20.0 Å². The highest BCUT2D eigenvalue weighted by Crippen LogP contribution is 2.21. The van der Waals surface area contributed by atoms with Crippen molar-refractivity contribution >= 4 is 17.3 Å². The number of nitrogens with one attached hydrogen (secondary N) is 3. The van der Waals surface area contributed by atoms with Crippen LogP contribution in [-0.2, 0) is 11.3 Å². The SMILES string of the molecule is O=C(C[NH+]1CC[NH+](Cc2ccccc2)CC1)Nc1ccc(N2CCCC2)cc1. The normalized spacial score (nSPS) is 22.2. The fraction of sp³-hybridized carbons (Fsp3) is 0.435. The van der Waals surface area contributed by atoms with Crippen LogP contribution in [0.2, 0.25) is 0 Å². The monoisotopic (exact) mass is 380 g/mol. The van der Waals surface area contributed by atoms with Gasteiger partial charge in [-0.15, -0.1) is 0 Å². The van der Waals surface area contributed by atoms with Gasteiger partial charge in [0.05, 0.1) is 0 Å². The molecule has 5 nitrogen and oxygen atoms in total. The smallest absolute Gasteiger partial charge is 0.279 e. The second kappa shape index (κ2) is 9.22. The van der Waals surface area contributed by atoms with Gasteiger partial charge in [-0.3, -0.25) is 4.79 Å². The van der Waals surface area contributed by atoms with Gasteiger partial charge in [0.2, 0.25) is 0 Å². The quantitative estimate of drug-likeness (QED) is 0.671. The summed E-state index contributed by atoms with van der Waals surface area (Å²) in [6.45, 7) is 8.31. The third-order valence-corrected chi connectivity index (χ3v) is 5.99. The molecule has 0 aliphatic carbocycles. The summed E-state index contributed by atoms with van der Waals surface area (Å²) in [5.74, 6) is 0.121. The van der Waals surface area contributed by atoms with Gasteiger partial charge in [0.15, 0.2) is 6.54 Å². The summed E-state index contributed by atoms with van der Waals surface area (Å²) >= 11 is 0. The van der Waals surface area contributed by atoms with Crippen LogP contribution in [0, 0.1) is 0 Å². The van der Waals surface area contributed by atoms with Crippen molar-refractivity contribution in [2.24, 2.45) is 0 Å². The summed E-state index contributed by atoms with van der Waals surface area (Å²) < 4.78 is 0. The fourth-order valence-electron chi connectivity index (χ4n) is 4.36. The molecule has 0 atom stereocenters. The molecule has 0 bridgehead atoms. The van der Waals surface area contributed by atoms with E-state index in [1.165, 1.54) is 29.0 Å². The average Bonchev–Trinajstić information content (AvgIpc) is 3.26. The Morgan fingerprint density at radius 2 is 1.50 bits per heavy atom. The van der Waals surface area contributed by atoms with E-state index < -0.39 is 0 Å². The van der Waals surface area contributed by atoms with Crippen LogP contribution < -0.4 is 20.0 Å². The maximum absolute atomic E-state index is 12.4. The highest BCUT2D eigenvalue weighted by molar-refractivity contribution is 5.91. The molecule has 2 heterocycles. The minimum Gasteiger partial charge on any atom is -0.372 e. The van der Waals surface area contributed by atoms with Gasteiger partial charge in [0.1, 0.15) is 32.7 Å². The van der Waals surface area contributed by atoms with Crippen LogP contribution in [0.1, 0.15) is 18.4 Å². The minimum absolute atomic E-state index is 0.121. The highest BCUT2D eigenvalue weighted by atomic mass is 16.2. The summed E-state index contributed by atoms with van der Waals surface area (Å²) in [6.07, 6.45) is 2.56. The summed E-state index contributed by atoms with van der Waals surface area (Å²) in [5.41, 5.74) is 3.57. The summed E-state index contributed by atoms with van der Waals surface area (Å²) in [6, 6.07) is 19.0. The van der Waals surface area contributed by atoms with Crippen molar-refractivity contribution in [2.75, 3.05) is 56.0 Å². The minimum atomic E-state index is 0.121. The lowest BCUT2D eigenvalue weighted by molar-refractivity contribution is -1.02. The Bertz CT molecular complexity index is 748. The molecule has 2 saturated heterocycles. The van der Waals surface area contributed by atoms with Crippen LogP contribution in [0.5, 0.6) is 0 Å². The number of piperazine rings is 1. The Labute approximate surface area is 167 Å². The van der Waals surface area contributed by atoms with E-state index in [0.717, 1.165) is 51.5 Å². The molecule has 5 heteroatoms. The van der Waals surface area contributed by atoms with Crippen molar-refractivity contribution in [3.05, 3.63) is 60.2 Å². The van der Waals surface area contributed by atoms with Crippen molar-refractivity contribution in [1.82, 2.24) is 0 Å². The molecule has 1 amide bonds. The number of quaternary nitrogens is 2. The van der Waals surface area contributed by atoms with Gasteiger partial charge >= 0.3 is 0 Å². The molecule has 4 rings (SSSR count). The maximum atomic E-state index is 12.4. The number of amides is 1. The molecule has 2 aliphatic rings. The molecule has 28 heavy (non-hydrogen) atoms. The standard InChI is InChI=1S/C23H30N4O/c28-23(24-21-8-10-22(11-9-21)27-12-4-5-13-27)19-26-16-14-25(15-17-26)18-20-6-2-1-3-7-20/h1-3,6-11H,4-5,12-19H2,(H,24,28)/p+2. The molecule has 2 aromatic rings. The summed E-state index contributed by atoms with van der Waals surface area (Å²) in [4.78, 5) is 17.9. The van der Waals surface area contributed by atoms with Crippen molar-refractivity contribution in [1.29, 1.82) is 0 Å². The van der Waals surface area contributed by atoms with E-state index in [0.29, 0.717) is 6.54 Å². The molecule has 3 N–H and O–H groups in total. The number of hydrogen-bond donors (Lipinski definition) is 3. The Kier molecular flexibility index (Phi) is 6.24. The number of rotatable bonds is 6. The molecule has 0 saturated carbocycles. The molecular formula is C23H32N4O+2. The van der Waals surface area contributed by atoms with Gasteiger partial charge in [-0.25, -0.2) is 0 Å². The molecule has 2 aliphatic heterocycles. The zero-order chi connectivity index (χ0) is 19.2. The van der Waals surface area contributed by atoms with E-state index in [4.69, 9.17) is 0 Å². The van der Waals surface area contributed by atoms with Crippen LogP contribution >= 0.6 is 0 Å². The predicted octanol–water partition coefficient (Wildman–Crippen LogP) is 0.209. The van der Waals surface area contributed by atoms with Gasteiger partial charge in [-0.1, -0.05) is 30.3 Å². The topological polar surface area (TPSA) is 41.2 Å². The van der Waals surface area contributed by atoms with E-state index in [1.807, 2.05) is 12.1 Å². The molecule has 148 valence electrons. The number of nitrogens with zero attached hydrogens (tertiary/aromatic N) is 1. The lowest BCUT2D eigenvalue weighted by Crippen LogP contribution is -3.28. The zero-order valence-corrected chi connectivity index (χ0v) is 16.6. The van der Waals surface area contributed by atoms with Gasteiger partial charge in [-0.05, 0) is 37.1 Å². The number of carbonyl (C=O) groups excluding carboxylic acids is 1. The van der Waals surface area contributed by atoms with Crippen LogP contribution in [0.15, 0.2) is 54.6 Å². The number of hydrogen-bond acceptors (Lipinski definition) is 2. The van der Waals surface area contributed by atoms with Gasteiger partial charge in [0.25, 0.3) is 5.91 Å². The average molecular weight is 381 g/mol. The molecule has 2 aromatic carbocycles. The van der Waals surface area contributed by atoms with Gasteiger partial charge in [0, 0.05) is 30.0 Å². The maximum Gasteiger partial charge on any atom is 0.279 e. The second-order valence-corrected chi connectivity index (χ2v) is 8.13. The lowest BCUT2D eigenvalue weighted by atomic mass is 10.2. The van der Waals surface area contributed by atoms with Crippen LogP contribution in [-0.4, -0.2) is 51.7 Å². The van der Waals surface area contributed by atoms with Crippen LogP contribution in [0.4, 0.5) is 11.4 Å².